The van der Waals surface area contributed by atoms with Gasteiger partial charge in [-0.2, -0.15) is 0 Å². The van der Waals surface area contributed by atoms with Gasteiger partial charge in [0.2, 0.25) is 5.91 Å². The molecule has 0 aromatic heterocycles. The predicted octanol–water partition coefficient (Wildman–Crippen LogP) is 2.69. The molecule has 0 aliphatic heterocycles. The van der Waals surface area contributed by atoms with Gasteiger partial charge in [-0.15, -0.1) is 0 Å². The van der Waals surface area contributed by atoms with E-state index in [4.69, 9.17) is 0 Å². The van der Waals surface area contributed by atoms with Crippen molar-refractivity contribution >= 4 is 27.2 Å². The van der Waals surface area contributed by atoms with Crippen molar-refractivity contribution in [3.63, 3.8) is 0 Å². The van der Waals surface area contributed by atoms with Crippen LogP contribution in [-0.4, -0.2) is 25.9 Å². The summed E-state index contributed by atoms with van der Waals surface area (Å²) in [5.74, 6) is -0.784. The van der Waals surface area contributed by atoms with Crippen molar-refractivity contribution in [3.8, 4) is 0 Å². The van der Waals surface area contributed by atoms with E-state index in [0.717, 1.165) is 0 Å². The summed E-state index contributed by atoms with van der Waals surface area (Å²) < 4.78 is 24.2. The molecule has 0 aliphatic carbocycles. The summed E-state index contributed by atoms with van der Waals surface area (Å²) in [6, 6.07) is 14.5. The van der Waals surface area contributed by atoms with Crippen LogP contribution in [0, 0.1) is 0 Å². The smallest absolute Gasteiger partial charge is 0.225 e. The van der Waals surface area contributed by atoms with E-state index in [-0.39, 0.29) is 22.9 Å². The van der Waals surface area contributed by atoms with Crippen molar-refractivity contribution < 1.29 is 18.0 Å². The lowest BCUT2D eigenvalue weighted by atomic mass is 10.1. The minimum atomic E-state index is -3.48. The molecule has 0 saturated carbocycles. The quantitative estimate of drug-likeness (QED) is 0.825. The van der Waals surface area contributed by atoms with E-state index in [1.807, 2.05) is 0 Å². The van der Waals surface area contributed by atoms with Crippen LogP contribution < -0.4 is 5.32 Å². The van der Waals surface area contributed by atoms with Gasteiger partial charge in [0.15, 0.2) is 15.6 Å². The van der Waals surface area contributed by atoms with Crippen LogP contribution in [0.4, 0.5) is 5.69 Å². The van der Waals surface area contributed by atoms with Gasteiger partial charge in [-0.25, -0.2) is 8.42 Å². The van der Waals surface area contributed by atoms with Crippen LogP contribution in [0.1, 0.15) is 23.7 Å². The first-order valence-corrected chi connectivity index (χ1v) is 8.72. The number of amides is 1. The highest BCUT2D eigenvalue weighted by Crippen LogP contribution is 2.14. The average molecular weight is 331 g/mol. The number of ketones is 1. The molecule has 2 aromatic rings. The van der Waals surface area contributed by atoms with E-state index < -0.39 is 15.7 Å². The standard InChI is InChI=1S/C17H17NO4S/c1-13(19)14-6-5-7-15(12-14)18-17(20)10-11-23(21,22)16-8-3-2-4-9-16/h2-9,12H,10-11H2,1H3,(H,18,20). The summed E-state index contributed by atoms with van der Waals surface area (Å²) in [7, 11) is -3.48. The fraction of sp³-hybridized carbons (Fsp3) is 0.176. The minimum Gasteiger partial charge on any atom is -0.326 e. The molecular formula is C17H17NO4S. The minimum absolute atomic E-state index is 0.104. The topological polar surface area (TPSA) is 80.3 Å². The van der Waals surface area contributed by atoms with E-state index in [9.17, 15) is 18.0 Å². The summed E-state index contributed by atoms with van der Waals surface area (Å²) in [5.41, 5.74) is 0.958. The molecule has 1 N–H and O–H groups in total. The second kappa shape index (κ2) is 7.19. The van der Waals surface area contributed by atoms with Gasteiger partial charge >= 0.3 is 0 Å². The maximum absolute atomic E-state index is 12.1. The molecule has 0 bridgehead atoms. The molecule has 0 heterocycles. The molecule has 2 rings (SSSR count). The predicted molar refractivity (Wildman–Crippen MR) is 88.2 cm³/mol. The van der Waals surface area contributed by atoms with Crippen LogP contribution in [0.5, 0.6) is 0 Å². The molecule has 0 saturated heterocycles. The third-order valence-electron chi connectivity index (χ3n) is 3.25. The lowest BCUT2D eigenvalue weighted by Gasteiger charge is -2.07. The van der Waals surface area contributed by atoms with Crippen LogP contribution in [0.2, 0.25) is 0 Å². The van der Waals surface area contributed by atoms with Gasteiger partial charge in [0.05, 0.1) is 10.6 Å². The zero-order valence-corrected chi connectivity index (χ0v) is 13.5. The summed E-state index contributed by atoms with van der Waals surface area (Å²) in [4.78, 5) is 23.4. The fourth-order valence-corrected chi connectivity index (χ4v) is 3.27. The van der Waals surface area contributed by atoms with Crippen LogP contribution in [-0.2, 0) is 14.6 Å². The molecule has 2 aromatic carbocycles. The number of rotatable bonds is 6. The normalized spacial score (nSPS) is 11.0. The van der Waals surface area contributed by atoms with Gasteiger partial charge in [-0.05, 0) is 31.2 Å². The molecule has 5 nitrogen and oxygen atoms in total. The first kappa shape index (κ1) is 16.9. The Morgan fingerprint density at radius 1 is 1.00 bits per heavy atom. The molecule has 120 valence electrons. The van der Waals surface area contributed by atoms with E-state index in [0.29, 0.717) is 11.3 Å². The molecule has 0 unspecified atom stereocenters. The number of sulfone groups is 1. The van der Waals surface area contributed by atoms with Crippen LogP contribution >= 0.6 is 0 Å². The third kappa shape index (κ3) is 4.75. The van der Waals surface area contributed by atoms with Crippen molar-refractivity contribution in [3.05, 3.63) is 60.2 Å². The highest BCUT2D eigenvalue weighted by molar-refractivity contribution is 7.91. The van der Waals surface area contributed by atoms with E-state index >= 15 is 0 Å². The highest BCUT2D eigenvalue weighted by atomic mass is 32.2. The van der Waals surface area contributed by atoms with E-state index in [1.165, 1.54) is 19.1 Å². The Hall–Kier alpha value is -2.47. The Morgan fingerprint density at radius 2 is 1.70 bits per heavy atom. The first-order valence-electron chi connectivity index (χ1n) is 7.07. The number of hydrogen-bond donors (Lipinski definition) is 1. The number of nitrogens with one attached hydrogen (secondary N) is 1. The average Bonchev–Trinajstić information content (AvgIpc) is 2.54. The van der Waals surface area contributed by atoms with Crippen molar-refractivity contribution in [2.24, 2.45) is 0 Å². The Kier molecular flexibility index (Phi) is 5.28. The maximum atomic E-state index is 12.1. The van der Waals surface area contributed by atoms with Gasteiger partial charge < -0.3 is 5.32 Å². The van der Waals surface area contributed by atoms with Crippen LogP contribution in [0.3, 0.4) is 0 Å². The SMILES string of the molecule is CC(=O)c1cccc(NC(=O)CCS(=O)(=O)c2ccccc2)c1. The molecule has 0 radical (unpaired) electrons. The number of hydrogen-bond acceptors (Lipinski definition) is 4. The van der Waals surface area contributed by atoms with Crippen molar-refractivity contribution in [1.82, 2.24) is 0 Å². The summed E-state index contributed by atoms with van der Waals surface area (Å²) in [6.07, 6.45) is -0.151. The third-order valence-corrected chi connectivity index (χ3v) is 4.99. The number of benzene rings is 2. The van der Waals surface area contributed by atoms with Crippen molar-refractivity contribution in [1.29, 1.82) is 0 Å². The molecule has 0 spiro atoms. The molecule has 0 fully saturated rings. The lowest BCUT2D eigenvalue weighted by molar-refractivity contribution is -0.115. The monoisotopic (exact) mass is 331 g/mol. The molecule has 0 atom stereocenters. The molecule has 23 heavy (non-hydrogen) atoms. The van der Waals surface area contributed by atoms with Gasteiger partial charge in [-0.1, -0.05) is 30.3 Å². The van der Waals surface area contributed by atoms with Crippen molar-refractivity contribution in [2.45, 2.75) is 18.2 Å². The Bertz CT molecular complexity index is 813. The first-order chi connectivity index (χ1) is 10.9. The molecule has 0 aliphatic rings. The zero-order valence-electron chi connectivity index (χ0n) is 12.7. The van der Waals surface area contributed by atoms with E-state index in [2.05, 4.69) is 5.32 Å². The van der Waals surface area contributed by atoms with Crippen LogP contribution in [0.15, 0.2) is 59.5 Å². The number of anilines is 1. The molecular weight excluding hydrogens is 314 g/mol. The van der Waals surface area contributed by atoms with Gasteiger partial charge in [0.1, 0.15) is 0 Å². The van der Waals surface area contributed by atoms with Crippen molar-refractivity contribution in [2.75, 3.05) is 11.1 Å². The Labute approximate surface area is 135 Å². The Morgan fingerprint density at radius 3 is 2.35 bits per heavy atom. The zero-order chi connectivity index (χ0) is 16.9. The summed E-state index contributed by atoms with van der Waals surface area (Å²) >= 11 is 0. The molecule has 6 heteroatoms. The second-order valence-corrected chi connectivity index (χ2v) is 7.18. The second-order valence-electron chi connectivity index (χ2n) is 5.07. The number of carbonyl (C=O) groups is 2. The lowest BCUT2D eigenvalue weighted by Crippen LogP contribution is -2.17. The van der Waals surface area contributed by atoms with Crippen LogP contribution in [0.25, 0.3) is 0 Å². The molecule has 1 amide bonds. The van der Waals surface area contributed by atoms with E-state index in [1.54, 1.807) is 42.5 Å². The number of carbonyl (C=O) groups excluding carboxylic acids is 2. The maximum Gasteiger partial charge on any atom is 0.225 e. The van der Waals surface area contributed by atoms with Gasteiger partial charge in [-0.3, -0.25) is 9.59 Å². The van der Waals surface area contributed by atoms with Gasteiger partial charge in [0, 0.05) is 17.7 Å². The number of Topliss-reactive ketones (excluding diaryl/α,β-unsaturated/α-hetero) is 1. The fourth-order valence-electron chi connectivity index (χ4n) is 2.01. The largest absolute Gasteiger partial charge is 0.326 e. The summed E-state index contributed by atoms with van der Waals surface area (Å²) in [5, 5.41) is 2.61. The highest BCUT2D eigenvalue weighted by Gasteiger charge is 2.16. The summed E-state index contributed by atoms with van der Waals surface area (Å²) in [6.45, 7) is 1.44. The van der Waals surface area contributed by atoms with Gasteiger partial charge in [0.25, 0.3) is 0 Å². The Balaban J connectivity index is 1.98.